The van der Waals surface area contributed by atoms with E-state index in [4.69, 9.17) is 0 Å². The Hall–Kier alpha value is -1.12. The maximum Gasteiger partial charge on any atom is 0.233 e. The number of benzene rings is 1. The Morgan fingerprint density at radius 2 is 2.00 bits per heavy atom. The maximum atomic E-state index is 12.9. The highest BCUT2D eigenvalue weighted by Crippen LogP contribution is 2.31. The summed E-state index contributed by atoms with van der Waals surface area (Å²) in [6, 6.07) is 6.10. The van der Waals surface area contributed by atoms with Crippen LogP contribution in [0.3, 0.4) is 0 Å². The Morgan fingerprint density at radius 1 is 1.29 bits per heavy atom. The van der Waals surface area contributed by atoms with Crippen molar-refractivity contribution >= 4 is 40.8 Å². The monoisotopic (exact) mass is 385 g/mol. The van der Waals surface area contributed by atoms with E-state index in [9.17, 15) is 9.18 Å². The molecule has 1 amide bonds. The Labute approximate surface area is 154 Å². The summed E-state index contributed by atoms with van der Waals surface area (Å²) in [6.07, 6.45) is 2.33. The lowest BCUT2D eigenvalue weighted by molar-refractivity contribution is -0.120. The van der Waals surface area contributed by atoms with Gasteiger partial charge in [-0.3, -0.25) is 4.79 Å². The molecule has 2 rings (SSSR count). The first-order chi connectivity index (χ1) is 11.6. The Balaban J connectivity index is 1.77. The second kappa shape index (κ2) is 10.0. The summed E-state index contributed by atoms with van der Waals surface area (Å²) in [5.41, 5.74) is 0.868. The summed E-state index contributed by atoms with van der Waals surface area (Å²) in [4.78, 5) is 12.2. The van der Waals surface area contributed by atoms with Crippen molar-refractivity contribution in [3.63, 3.8) is 0 Å². The number of aromatic nitrogens is 2. The number of nitrogens with one attached hydrogen (secondary N) is 1. The van der Waals surface area contributed by atoms with Gasteiger partial charge in [0.15, 0.2) is 8.68 Å². The van der Waals surface area contributed by atoms with Gasteiger partial charge in [0.2, 0.25) is 5.91 Å². The molecule has 0 saturated carbocycles. The first-order valence-corrected chi connectivity index (χ1v) is 10.4. The first kappa shape index (κ1) is 19.2. The van der Waals surface area contributed by atoms with Crippen molar-refractivity contribution in [3.8, 4) is 0 Å². The molecule has 1 heterocycles. The predicted molar refractivity (Wildman–Crippen MR) is 99.1 cm³/mol. The number of amides is 1. The Morgan fingerprint density at radius 3 is 2.71 bits per heavy atom. The van der Waals surface area contributed by atoms with Crippen molar-refractivity contribution in [2.45, 2.75) is 47.2 Å². The summed E-state index contributed by atoms with van der Waals surface area (Å²) >= 11 is 4.65. The van der Waals surface area contributed by atoms with Crippen LogP contribution in [0.4, 0.5) is 4.39 Å². The minimum absolute atomic E-state index is 0.0697. The Bertz CT molecular complexity index is 648. The molecule has 130 valence electrons. The lowest BCUT2D eigenvalue weighted by atomic mass is 10.2. The second-order valence-electron chi connectivity index (χ2n) is 5.14. The number of unbranched alkanes of at least 4 members (excludes halogenated alkanes) is 1. The first-order valence-electron chi connectivity index (χ1n) is 7.73. The fraction of sp³-hybridized carbons (Fsp3) is 0.438. The third kappa shape index (κ3) is 6.41. The number of nitrogens with zero attached hydrogens (tertiary/aromatic N) is 2. The molecule has 0 aliphatic rings. The molecule has 0 unspecified atom stereocenters. The Kier molecular flexibility index (Phi) is 8.01. The summed E-state index contributed by atoms with van der Waals surface area (Å²) in [5.74, 6) is 0.696. The number of carbonyl (C=O) groups is 1. The molecular formula is C16H20FN3OS3. The van der Waals surface area contributed by atoms with E-state index in [-0.39, 0.29) is 17.0 Å². The largest absolute Gasteiger partial charge is 0.351 e. The molecule has 8 heteroatoms. The summed E-state index contributed by atoms with van der Waals surface area (Å²) in [5, 5.41) is 10.9. The van der Waals surface area contributed by atoms with Crippen molar-refractivity contribution < 1.29 is 9.18 Å². The molecule has 0 saturated heterocycles. The van der Waals surface area contributed by atoms with Gasteiger partial charge in [0, 0.05) is 12.3 Å². The molecule has 0 radical (unpaired) electrons. The normalized spacial score (nSPS) is 12.1. The molecule has 0 spiro atoms. The highest BCUT2D eigenvalue weighted by atomic mass is 32.2. The van der Waals surface area contributed by atoms with E-state index in [1.165, 1.54) is 41.7 Å². The van der Waals surface area contributed by atoms with Crippen LogP contribution in [0.2, 0.25) is 0 Å². The number of carbonyl (C=O) groups excluding carboxylic acids is 1. The van der Waals surface area contributed by atoms with Gasteiger partial charge in [-0.15, -0.1) is 10.2 Å². The van der Waals surface area contributed by atoms with Gasteiger partial charge in [0.05, 0.1) is 5.25 Å². The fourth-order valence-electron chi connectivity index (χ4n) is 1.75. The highest BCUT2D eigenvalue weighted by molar-refractivity contribution is 8.03. The van der Waals surface area contributed by atoms with E-state index in [1.807, 2.05) is 6.92 Å². The van der Waals surface area contributed by atoms with Crippen molar-refractivity contribution in [2.75, 3.05) is 5.75 Å². The van der Waals surface area contributed by atoms with Gasteiger partial charge in [-0.05, 0) is 31.0 Å². The van der Waals surface area contributed by atoms with E-state index in [2.05, 4.69) is 22.4 Å². The SMILES string of the molecule is CCCCSc1nnc(S[C@H](C)C(=O)NCc2ccc(F)cc2)s1. The third-order valence-electron chi connectivity index (χ3n) is 3.14. The minimum atomic E-state index is -0.280. The molecule has 2 aromatic rings. The number of rotatable bonds is 9. The van der Waals surface area contributed by atoms with E-state index in [1.54, 1.807) is 23.9 Å². The maximum absolute atomic E-state index is 12.9. The lowest BCUT2D eigenvalue weighted by Gasteiger charge is -2.10. The van der Waals surface area contributed by atoms with Crippen molar-refractivity contribution in [3.05, 3.63) is 35.6 Å². The van der Waals surface area contributed by atoms with Crippen molar-refractivity contribution in [2.24, 2.45) is 0 Å². The number of hydrogen-bond donors (Lipinski definition) is 1. The van der Waals surface area contributed by atoms with Crippen LogP contribution < -0.4 is 5.32 Å². The van der Waals surface area contributed by atoms with E-state index < -0.39 is 0 Å². The topological polar surface area (TPSA) is 54.9 Å². The molecule has 0 aliphatic heterocycles. The van der Waals surface area contributed by atoms with Crippen LogP contribution in [0.15, 0.2) is 32.9 Å². The average Bonchev–Trinajstić information content (AvgIpc) is 3.01. The molecule has 0 fully saturated rings. The lowest BCUT2D eigenvalue weighted by Crippen LogP contribution is -2.30. The molecule has 1 aromatic carbocycles. The van der Waals surface area contributed by atoms with Gasteiger partial charge in [-0.25, -0.2) is 4.39 Å². The molecule has 1 aromatic heterocycles. The number of hydrogen-bond acceptors (Lipinski definition) is 6. The van der Waals surface area contributed by atoms with Gasteiger partial charge in [-0.2, -0.15) is 0 Å². The van der Waals surface area contributed by atoms with Crippen LogP contribution in [-0.4, -0.2) is 27.1 Å². The summed E-state index contributed by atoms with van der Waals surface area (Å²) in [7, 11) is 0. The zero-order valence-corrected chi connectivity index (χ0v) is 16.1. The smallest absolute Gasteiger partial charge is 0.233 e. The van der Waals surface area contributed by atoms with Gasteiger partial charge < -0.3 is 5.32 Å². The predicted octanol–water partition coefficient (Wildman–Crippen LogP) is 4.37. The standard InChI is InChI=1S/C16H20FN3OS3/c1-3-4-9-22-15-19-20-16(24-15)23-11(2)14(21)18-10-12-5-7-13(17)8-6-12/h5-8,11H,3-4,9-10H2,1-2H3,(H,18,21)/t11-/m1/s1. The van der Waals surface area contributed by atoms with Crippen LogP contribution >= 0.6 is 34.9 Å². The second-order valence-corrected chi connectivity index (χ2v) is 9.05. The van der Waals surface area contributed by atoms with Crippen LogP contribution in [0.1, 0.15) is 32.3 Å². The molecule has 1 atom stereocenters. The van der Waals surface area contributed by atoms with Gasteiger partial charge in [-0.1, -0.05) is 60.3 Å². The number of thioether (sulfide) groups is 2. The highest BCUT2D eigenvalue weighted by Gasteiger charge is 2.17. The van der Waals surface area contributed by atoms with Gasteiger partial charge >= 0.3 is 0 Å². The van der Waals surface area contributed by atoms with E-state index >= 15 is 0 Å². The molecule has 0 bridgehead atoms. The van der Waals surface area contributed by atoms with Crippen LogP contribution in [-0.2, 0) is 11.3 Å². The van der Waals surface area contributed by atoms with E-state index in [0.29, 0.717) is 6.54 Å². The van der Waals surface area contributed by atoms with E-state index in [0.717, 1.165) is 26.4 Å². The number of halogens is 1. The molecule has 4 nitrogen and oxygen atoms in total. The average molecular weight is 386 g/mol. The van der Waals surface area contributed by atoms with Crippen LogP contribution in [0.25, 0.3) is 0 Å². The summed E-state index contributed by atoms with van der Waals surface area (Å²) in [6.45, 7) is 4.39. The quantitative estimate of drug-likeness (QED) is 0.513. The molecule has 0 aliphatic carbocycles. The van der Waals surface area contributed by atoms with Crippen LogP contribution in [0, 0.1) is 5.82 Å². The van der Waals surface area contributed by atoms with Gasteiger partial charge in [0.25, 0.3) is 0 Å². The molecule has 24 heavy (non-hydrogen) atoms. The van der Waals surface area contributed by atoms with Gasteiger partial charge in [0.1, 0.15) is 5.82 Å². The van der Waals surface area contributed by atoms with Crippen molar-refractivity contribution in [1.29, 1.82) is 0 Å². The molecule has 1 N–H and O–H groups in total. The van der Waals surface area contributed by atoms with Crippen molar-refractivity contribution in [1.82, 2.24) is 15.5 Å². The molecular weight excluding hydrogens is 365 g/mol. The minimum Gasteiger partial charge on any atom is -0.351 e. The zero-order chi connectivity index (χ0) is 17.4. The zero-order valence-electron chi connectivity index (χ0n) is 13.6. The fourth-order valence-corrected chi connectivity index (χ4v) is 5.09. The third-order valence-corrected chi connectivity index (χ3v) is 6.47. The van der Waals surface area contributed by atoms with Crippen LogP contribution in [0.5, 0.6) is 0 Å². The summed E-state index contributed by atoms with van der Waals surface area (Å²) < 4.78 is 14.6.